The Kier molecular flexibility index (Phi) is 4.65. The molecule has 0 saturated heterocycles. The van der Waals surface area contributed by atoms with Crippen LogP contribution >= 0.6 is 0 Å². The number of pyridine rings is 1. The molecule has 0 fully saturated rings. The molecule has 0 aliphatic carbocycles. The van der Waals surface area contributed by atoms with Crippen LogP contribution in [0.25, 0.3) is 5.69 Å². The van der Waals surface area contributed by atoms with Gasteiger partial charge in [0.25, 0.3) is 5.91 Å². The van der Waals surface area contributed by atoms with E-state index in [0.717, 1.165) is 0 Å². The van der Waals surface area contributed by atoms with Gasteiger partial charge in [-0.1, -0.05) is 0 Å². The highest BCUT2D eigenvalue weighted by Crippen LogP contribution is 2.10. The highest BCUT2D eigenvalue weighted by atomic mass is 16.5. The number of rotatable bonds is 5. The fourth-order valence-corrected chi connectivity index (χ4v) is 1.72. The lowest BCUT2D eigenvalue weighted by atomic mass is 10.3. The molecule has 0 aliphatic heterocycles. The molecule has 0 aromatic carbocycles. The van der Waals surface area contributed by atoms with E-state index in [4.69, 9.17) is 4.74 Å². The van der Waals surface area contributed by atoms with Crippen LogP contribution in [0.3, 0.4) is 0 Å². The highest BCUT2D eigenvalue weighted by molar-refractivity contribution is 5.92. The van der Waals surface area contributed by atoms with Gasteiger partial charge in [0.1, 0.15) is 5.69 Å². The van der Waals surface area contributed by atoms with E-state index in [1.807, 2.05) is 6.92 Å². The van der Waals surface area contributed by atoms with Gasteiger partial charge in [-0.05, 0) is 26.0 Å². The number of aromatic nitrogens is 3. The van der Waals surface area contributed by atoms with Gasteiger partial charge in [-0.25, -0.2) is 9.48 Å². The number of esters is 1. The Hall–Kier alpha value is -2.70. The lowest BCUT2D eigenvalue weighted by Gasteiger charge is -2.04. The summed E-state index contributed by atoms with van der Waals surface area (Å²) < 4.78 is 6.40. The molecule has 1 N–H and O–H groups in total. The maximum absolute atomic E-state index is 11.7. The van der Waals surface area contributed by atoms with Crippen molar-refractivity contribution in [3.8, 4) is 5.69 Å². The molecule has 7 nitrogen and oxygen atoms in total. The van der Waals surface area contributed by atoms with Crippen molar-refractivity contribution in [2.24, 2.45) is 0 Å². The quantitative estimate of drug-likeness (QED) is 0.835. The van der Waals surface area contributed by atoms with Crippen LogP contribution in [0.15, 0.2) is 30.7 Å². The van der Waals surface area contributed by atoms with E-state index in [2.05, 4.69) is 15.4 Å². The molecule has 2 heterocycles. The Balaban J connectivity index is 2.24. The Bertz CT molecular complexity index is 651. The van der Waals surface area contributed by atoms with Gasteiger partial charge in [-0.3, -0.25) is 9.78 Å². The number of nitrogens with zero attached hydrogens (tertiary/aromatic N) is 3. The summed E-state index contributed by atoms with van der Waals surface area (Å²) in [7, 11) is 0. The van der Waals surface area contributed by atoms with Crippen LogP contribution in [-0.2, 0) is 4.74 Å². The smallest absolute Gasteiger partial charge is 0.341 e. The van der Waals surface area contributed by atoms with E-state index in [0.29, 0.717) is 30.1 Å². The monoisotopic (exact) mass is 288 g/mol. The maximum atomic E-state index is 11.7. The molecule has 0 bridgehead atoms. The third kappa shape index (κ3) is 3.44. The largest absolute Gasteiger partial charge is 0.462 e. The molecule has 0 radical (unpaired) electrons. The SMILES string of the molecule is CCNC(=O)c1cc(-n2cc(C(=O)OCC)cn2)ccn1. The van der Waals surface area contributed by atoms with Crippen molar-refractivity contribution in [1.29, 1.82) is 0 Å². The zero-order chi connectivity index (χ0) is 15.2. The molecular weight excluding hydrogens is 272 g/mol. The lowest BCUT2D eigenvalue weighted by Crippen LogP contribution is -2.23. The molecule has 2 aromatic heterocycles. The molecule has 21 heavy (non-hydrogen) atoms. The van der Waals surface area contributed by atoms with Crippen molar-refractivity contribution in [2.45, 2.75) is 13.8 Å². The fourth-order valence-electron chi connectivity index (χ4n) is 1.72. The van der Waals surface area contributed by atoms with Crippen LogP contribution in [0, 0.1) is 0 Å². The second kappa shape index (κ2) is 6.65. The topological polar surface area (TPSA) is 86.1 Å². The molecule has 2 aromatic rings. The summed E-state index contributed by atoms with van der Waals surface area (Å²) >= 11 is 0. The zero-order valence-electron chi connectivity index (χ0n) is 11.9. The van der Waals surface area contributed by atoms with Gasteiger partial charge in [-0.2, -0.15) is 5.10 Å². The van der Waals surface area contributed by atoms with Crippen molar-refractivity contribution in [2.75, 3.05) is 13.2 Å². The minimum absolute atomic E-state index is 0.253. The van der Waals surface area contributed by atoms with Crippen molar-refractivity contribution in [3.63, 3.8) is 0 Å². The van der Waals surface area contributed by atoms with Gasteiger partial charge in [0.05, 0.1) is 24.1 Å². The standard InChI is InChI=1S/C14H16N4O3/c1-3-15-13(19)12-7-11(5-6-16-12)18-9-10(8-17-18)14(20)21-4-2/h5-9H,3-4H2,1-2H3,(H,15,19). The van der Waals surface area contributed by atoms with E-state index in [-0.39, 0.29) is 5.91 Å². The van der Waals surface area contributed by atoms with Crippen molar-refractivity contribution in [1.82, 2.24) is 20.1 Å². The van der Waals surface area contributed by atoms with Crippen LogP contribution < -0.4 is 5.32 Å². The molecule has 0 unspecified atom stereocenters. The molecule has 2 rings (SSSR count). The van der Waals surface area contributed by atoms with Gasteiger partial charge in [0.2, 0.25) is 0 Å². The minimum Gasteiger partial charge on any atom is -0.462 e. The second-order valence-corrected chi connectivity index (χ2v) is 4.15. The van der Waals surface area contributed by atoms with Crippen molar-refractivity contribution in [3.05, 3.63) is 42.0 Å². The average Bonchev–Trinajstić information content (AvgIpc) is 2.98. The summed E-state index contributed by atoms with van der Waals surface area (Å²) in [5, 5.41) is 6.77. The summed E-state index contributed by atoms with van der Waals surface area (Å²) in [6.45, 7) is 4.41. The third-order valence-electron chi connectivity index (χ3n) is 2.67. The lowest BCUT2D eigenvalue weighted by molar-refractivity contribution is 0.0526. The molecule has 0 saturated carbocycles. The van der Waals surface area contributed by atoms with Gasteiger partial charge < -0.3 is 10.1 Å². The first-order valence-corrected chi connectivity index (χ1v) is 6.62. The predicted octanol–water partition coefficient (Wildman–Crippen LogP) is 1.19. The van der Waals surface area contributed by atoms with Crippen molar-refractivity contribution >= 4 is 11.9 Å². The number of carbonyl (C=O) groups excluding carboxylic acids is 2. The van der Waals surface area contributed by atoms with Gasteiger partial charge in [0, 0.05) is 18.9 Å². The molecule has 0 atom stereocenters. The summed E-state index contributed by atoms with van der Waals surface area (Å²) in [6, 6.07) is 3.30. The Morgan fingerprint density at radius 2 is 2.19 bits per heavy atom. The van der Waals surface area contributed by atoms with Crippen LogP contribution in [0.1, 0.15) is 34.7 Å². The van der Waals surface area contributed by atoms with E-state index >= 15 is 0 Å². The summed E-state index contributed by atoms with van der Waals surface area (Å²) in [5.74, 6) is -0.682. The fraction of sp³-hybridized carbons (Fsp3) is 0.286. The van der Waals surface area contributed by atoms with Gasteiger partial charge in [-0.15, -0.1) is 0 Å². The molecular formula is C14H16N4O3. The first-order chi connectivity index (χ1) is 10.2. The Morgan fingerprint density at radius 3 is 2.90 bits per heavy atom. The average molecular weight is 288 g/mol. The van der Waals surface area contributed by atoms with E-state index in [9.17, 15) is 9.59 Å². The number of amides is 1. The van der Waals surface area contributed by atoms with E-state index in [1.54, 1.807) is 25.3 Å². The Labute approximate surface area is 121 Å². The van der Waals surface area contributed by atoms with Gasteiger partial charge >= 0.3 is 5.97 Å². The number of nitrogens with one attached hydrogen (secondary N) is 1. The summed E-state index contributed by atoms with van der Waals surface area (Å²) in [6.07, 6.45) is 4.49. The number of ether oxygens (including phenoxy) is 1. The summed E-state index contributed by atoms with van der Waals surface area (Å²) in [4.78, 5) is 27.4. The third-order valence-corrected chi connectivity index (χ3v) is 2.67. The van der Waals surface area contributed by atoms with Crippen LogP contribution in [0.4, 0.5) is 0 Å². The van der Waals surface area contributed by atoms with E-state index in [1.165, 1.54) is 17.1 Å². The maximum Gasteiger partial charge on any atom is 0.341 e. The molecule has 1 amide bonds. The molecule has 0 spiro atoms. The predicted molar refractivity (Wildman–Crippen MR) is 75.3 cm³/mol. The molecule has 7 heteroatoms. The van der Waals surface area contributed by atoms with E-state index < -0.39 is 5.97 Å². The normalized spacial score (nSPS) is 10.2. The molecule has 110 valence electrons. The minimum atomic E-state index is -0.429. The number of hydrogen-bond donors (Lipinski definition) is 1. The Morgan fingerprint density at radius 1 is 1.38 bits per heavy atom. The number of hydrogen-bond acceptors (Lipinski definition) is 5. The van der Waals surface area contributed by atoms with Crippen LogP contribution in [-0.4, -0.2) is 39.8 Å². The zero-order valence-corrected chi connectivity index (χ0v) is 11.9. The van der Waals surface area contributed by atoms with Crippen LogP contribution in [0.5, 0.6) is 0 Å². The highest BCUT2D eigenvalue weighted by Gasteiger charge is 2.12. The number of carbonyl (C=O) groups is 2. The molecule has 0 aliphatic rings. The van der Waals surface area contributed by atoms with Crippen LogP contribution in [0.2, 0.25) is 0 Å². The van der Waals surface area contributed by atoms with Gasteiger partial charge in [0.15, 0.2) is 0 Å². The second-order valence-electron chi connectivity index (χ2n) is 4.15. The first kappa shape index (κ1) is 14.7. The first-order valence-electron chi connectivity index (χ1n) is 6.62. The van der Waals surface area contributed by atoms with Crippen molar-refractivity contribution < 1.29 is 14.3 Å². The summed E-state index contributed by atoms with van der Waals surface area (Å²) in [5.41, 5.74) is 1.29.